The molecule has 8 nitrogen and oxygen atoms in total. The Hall–Kier alpha value is -3.29. The van der Waals surface area contributed by atoms with E-state index in [0.717, 1.165) is 0 Å². The van der Waals surface area contributed by atoms with Crippen LogP contribution in [0.4, 0.5) is 11.4 Å². The summed E-state index contributed by atoms with van der Waals surface area (Å²) >= 11 is 0. The minimum absolute atomic E-state index is 0.127. The summed E-state index contributed by atoms with van der Waals surface area (Å²) in [4.78, 5) is 22.5. The molecule has 1 N–H and O–H groups in total. The number of nitro benzene ring substituents is 1. The summed E-state index contributed by atoms with van der Waals surface area (Å²) in [6.07, 6.45) is -0.784. The Morgan fingerprint density at radius 1 is 1.08 bits per heavy atom. The first-order chi connectivity index (χ1) is 11.9. The van der Waals surface area contributed by atoms with Gasteiger partial charge in [-0.1, -0.05) is 0 Å². The van der Waals surface area contributed by atoms with Crippen molar-refractivity contribution in [2.75, 3.05) is 19.5 Å². The minimum Gasteiger partial charge on any atom is -0.497 e. The number of hydrogen-bond donors (Lipinski definition) is 1. The Kier molecular flexibility index (Phi) is 5.78. The smallest absolute Gasteiger partial charge is 0.273 e. The number of amides is 1. The zero-order chi connectivity index (χ0) is 18.4. The molecule has 8 heteroatoms. The van der Waals surface area contributed by atoms with Crippen LogP contribution < -0.4 is 19.5 Å². The van der Waals surface area contributed by atoms with Gasteiger partial charge in [-0.05, 0) is 37.3 Å². The fraction of sp³-hybridized carbons (Fsp3) is 0.235. The summed E-state index contributed by atoms with van der Waals surface area (Å²) in [7, 11) is 2.93. The van der Waals surface area contributed by atoms with Gasteiger partial charge < -0.3 is 19.5 Å². The number of anilines is 1. The number of carbonyl (C=O) groups excluding carboxylic acids is 1. The van der Waals surface area contributed by atoms with Crippen LogP contribution in [0.25, 0.3) is 0 Å². The fourth-order valence-electron chi connectivity index (χ4n) is 2.04. The Labute approximate surface area is 144 Å². The monoisotopic (exact) mass is 346 g/mol. The highest BCUT2D eigenvalue weighted by Gasteiger charge is 2.18. The Bertz CT molecular complexity index is 760. The molecule has 0 aliphatic carbocycles. The van der Waals surface area contributed by atoms with E-state index in [0.29, 0.717) is 17.2 Å². The molecule has 1 amide bonds. The van der Waals surface area contributed by atoms with E-state index < -0.39 is 16.9 Å². The topological polar surface area (TPSA) is 99.9 Å². The summed E-state index contributed by atoms with van der Waals surface area (Å²) in [5.41, 5.74) is 0.195. The highest BCUT2D eigenvalue weighted by Crippen LogP contribution is 2.29. The van der Waals surface area contributed by atoms with Crippen molar-refractivity contribution in [1.29, 1.82) is 0 Å². The van der Waals surface area contributed by atoms with Crippen LogP contribution in [-0.4, -0.2) is 31.2 Å². The van der Waals surface area contributed by atoms with Gasteiger partial charge in [-0.15, -0.1) is 0 Å². The summed E-state index contributed by atoms with van der Waals surface area (Å²) < 4.78 is 15.7. The molecule has 25 heavy (non-hydrogen) atoms. The van der Waals surface area contributed by atoms with Crippen LogP contribution in [0.5, 0.6) is 17.2 Å². The number of hydrogen-bond acceptors (Lipinski definition) is 6. The second kappa shape index (κ2) is 8.00. The second-order valence-electron chi connectivity index (χ2n) is 5.07. The SMILES string of the molecule is COc1ccc(OC(C)C(=O)Nc2ccc([N+](=O)[O-])cc2OC)cc1. The van der Waals surface area contributed by atoms with E-state index in [1.165, 1.54) is 25.3 Å². The third-order valence-corrected chi connectivity index (χ3v) is 3.40. The summed E-state index contributed by atoms with van der Waals surface area (Å²) in [6.45, 7) is 1.59. The number of methoxy groups -OCH3 is 2. The number of nitrogens with one attached hydrogen (secondary N) is 1. The van der Waals surface area contributed by atoms with Crippen LogP contribution in [-0.2, 0) is 4.79 Å². The van der Waals surface area contributed by atoms with Gasteiger partial charge in [-0.3, -0.25) is 14.9 Å². The summed E-state index contributed by atoms with van der Waals surface area (Å²) in [5.74, 6) is 0.973. The molecule has 2 aromatic rings. The molecule has 0 saturated carbocycles. The normalized spacial score (nSPS) is 11.3. The van der Waals surface area contributed by atoms with E-state index in [9.17, 15) is 14.9 Å². The van der Waals surface area contributed by atoms with Crippen molar-refractivity contribution in [3.8, 4) is 17.2 Å². The predicted octanol–water partition coefficient (Wildman–Crippen LogP) is 3.02. The molecule has 0 spiro atoms. The zero-order valence-electron chi connectivity index (χ0n) is 14.0. The number of ether oxygens (including phenoxy) is 3. The second-order valence-corrected chi connectivity index (χ2v) is 5.07. The molecule has 2 rings (SSSR count). The fourth-order valence-corrected chi connectivity index (χ4v) is 2.04. The standard InChI is InChI=1S/C17H18N2O6/c1-11(25-14-7-5-13(23-2)6-8-14)17(20)18-15-9-4-12(19(21)22)10-16(15)24-3/h4-11H,1-3H3,(H,18,20). The lowest BCUT2D eigenvalue weighted by molar-refractivity contribution is -0.384. The van der Waals surface area contributed by atoms with Crippen molar-refractivity contribution in [3.63, 3.8) is 0 Å². The molecular weight excluding hydrogens is 328 g/mol. The van der Waals surface area contributed by atoms with Crippen LogP contribution >= 0.6 is 0 Å². The van der Waals surface area contributed by atoms with Crippen molar-refractivity contribution in [3.05, 3.63) is 52.6 Å². The van der Waals surface area contributed by atoms with E-state index in [-0.39, 0.29) is 11.4 Å². The quantitative estimate of drug-likeness (QED) is 0.611. The molecule has 1 unspecified atom stereocenters. The van der Waals surface area contributed by atoms with Crippen molar-refractivity contribution in [2.45, 2.75) is 13.0 Å². The lowest BCUT2D eigenvalue weighted by Gasteiger charge is -2.16. The molecule has 0 saturated heterocycles. The number of carbonyl (C=O) groups is 1. The van der Waals surface area contributed by atoms with Crippen LogP contribution in [0.15, 0.2) is 42.5 Å². The lowest BCUT2D eigenvalue weighted by atomic mass is 10.2. The van der Waals surface area contributed by atoms with Gasteiger partial charge in [0.25, 0.3) is 11.6 Å². The maximum Gasteiger partial charge on any atom is 0.273 e. The Balaban J connectivity index is 2.06. The molecule has 0 bridgehead atoms. The number of benzene rings is 2. The third kappa shape index (κ3) is 4.60. The van der Waals surface area contributed by atoms with Gasteiger partial charge in [0.05, 0.1) is 30.9 Å². The van der Waals surface area contributed by atoms with E-state index >= 15 is 0 Å². The first kappa shape index (κ1) is 18.1. The first-order valence-electron chi connectivity index (χ1n) is 7.38. The Morgan fingerprint density at radius 3 is 2.28 bits per heavy atom. The molecule has 2 aromatic carbocycles. The van der Waals surface area contributed by atoms with Crippen LogP contribution in [0.1, 0.15) is 6.92 Å². The highest BCUT2D eigenvalue weighted by atomic mass is 16.6. The molecule has 1 atom stereocenters. The molecule has 0 heterocycles. The summed E-state index contributed by atoms with van der Waals surface area (Å²) in [5, 5.41) is 13.4. The average Bonchev–Trinajstić information content (AvgIpc) is 2.62. The molecule has 0 aliphatic rings. The molecular formula is C17H18N2O6. The molecule has 132 valence electrons. The number of nitrogens with zero attached hydrogens (tertiary/aromatic N) is 1. The van der Waals surface area contributed by atoms with E-state index in [2.05, 4.69) is 5.32 Å². The molecule has 0 aliphatic heterocycles. The van der Waals surface area contributed by atoms with Gasteiger partial charge in [-0.2, -0.15) is 0 Å². The van der Waals surface area contributed by atoms with Gasteiger partial charge in [0.2, 0.25) is 0 Å². The van der Waals surface area contributed by atoms with Gasteiger partial charge in [0.1, 0.15) is 17.2 Å². The maximum atomic E-state index is 12.3. The van der Waals surface area contributed by atoms with E-state index in [1.807, 2.05) is 0 Å². The van der Waals surface area contributed by atoms with Gasteiger partial charge >= 0.3 is 0 Å². The lowest BCUT2D eigenvalue weighted by Crippen LogP contribution is -2.30. The van der Waals surface area contributed by atoms with Gasteiger partial charge in [0.15, 0.2) is 6.10 Å². The zero-order valence-corrected chi connectivity index (χ0v) is 14.0. The van der Waals surface area contributed by atoms with Crippen LogP contribution in [0, 0.1) is 10.1 Å². The van der Waals surface area contributed by atoms with Crippen LogP contribution in [0.2, 0.25) is 0 Å². The maximum absolute atomic E-state index is 12.3. The number of nitro groups is 1. The van der Waals surface area contributed by atoms with Crippen LogP contribution in [0.3, 0.4) is 0 Å². The van der Waals surface area contributed by atoms with Gasteiger partial charge in [-0.25, -0.2) is 0 Å². The van der Waals surface area contributed by atoms with Gasteiger partial charge in [0, 0.05) is 6.07 Å². The first-order valence-corrected chi connectivity index (χ1v) is 7.38. The third-order valence-electron chi connectivity index (χ3n) is 3.40. The molecule has 0 fully saturated rings. The van der Waals surface area contributed by atoms with Crippen molar-refractivity contribution in [1.82, 2.24) is 0 Å². The Morgan fingerprint density at radius 2 is 1.72 bits per heavy atom. The highest BCUT2D eigenvalue weighted by molar-refractivity contribution is 5.95. The minimum atomic E-state index is -0.784. The van der Waals surface area contributed by atoms with E-state index in [4.69, 9.17) is 14.2 Å². The summed E-state index contributed by atoms with van der Waals surface area (Å²) in [6, 6.07) is 10.8. The molecule has 0 radical (unpaired) electrons. The number of rotatable bonds is 7. The molecule has 0 aromatic heterocycles. The van der Waals surface area contributed by atoms with Crippen molar-refractivity contribution >= 4 is 17.3 Å². The van der Waals surface area contributed by atoms with E-state index in [1.54, 1.807) is 38.3 Å². The largest absolute Gasteiger partial charge is 0.497 e. The van der Waals surface area contributed by atoms with Crippen molar-refractivity contribution < 1.29 is 23.9 Å². The predicted molar refractivity (Wildman–Crippen MR) is 91.4 cm³/mol. The van der Waals surface area contributed by atoms with Crippen molar-refractivity contribution in [2.24, 2.45) is 0 Å². The average molecular weight is 346 g/mol. The number of non-ortho nitro benzene ring substituents is 1.